The van der Waals surface area contributed by atoms with Crippen LogP contribution < -0.4 is 19.7 Å². The number of nitrogens with one attached hydrogen (secondary N) is 1. The number of piperazine rings is 1. The van der Waals surface area contributed by atoms with Gasteiger partial charge in [-0.2, -0.15) is 0 Å². The van der Waals surface area contributed by atoms with Crippen molar-refractivity contribution >= 4 is 28.6 Å². The molecule has 2 amide bonds. The molecule has 0 radical (unpaired) electrons. The van der Waals surface area contributed by atoms with Crippen LogP contribution in [0.1, 0.15) is 5.56 Å². The number of aryl methyl sites for hydroxylation is 1. The largest absolute Gasteiger partial charge is 0.495 e. The number of hydrogen-bond donors (Lipinski definition) is 1. The topological polar surface area (TPSA) is 79.8 Å². The third-order valence-electron chi connectivity index (χ3n) is 5.20. The molecule has 1 aliphatic heterocycles. The Labute approximate surface area is 175 Å². The van der Waals surface area contributed by atoms with Crippen LogP contribution in [0.4, 0.5) is 16.3 Å². The highest BCUT2D eigenvalue weighted by atomic mass is 16.5. The Morgan fingerprint density at radius 3 is 2.47 bits per heavy atom. The molecule has 0 bridgehead atoms. The number of urea groups is 1. The highest BCUT2D eigenvalue weighted by Crippen LogP contribution is 2.29. The van der Waals surface area contributed by atoms with Gasteiger partial charge in [0.25, 0.3) is 5.88 Å². The van der Waals surface area contributed by atoms with Gasteiger partial charge in [0.15, 0.2) is 5.82 Å². The fourth-order valence-corrected chi connectivity index (χ4v) is 3.59. The number of nitrogens with zero attached hydrogens (tertiary/aromatic N) is 4. The fourth-order valence-electron chi connectivity index (χ4n) is 3.59. The minimum absolute atomic E-state index is 0.214. The first-order chi connectivity index (χ1) is 14.6. The van der Waals surface area contributed by atoms with E-state index in [2.05, 4.69) is 20.2 Å². The summed E-state index contributed by atoms with van der Waals surface area (Å²) in [6, 6.07) is 13.5. The molecule has 1 fully saturated rings. The number of anilines is 2. The summed E-state index contributed by atoms with van der Waals surface area (Å²) in [5.74, 6) is 1.46. The average Bonchev–Trinajstić information content (AvgIpc) is 2.78. The lowest BCUT2D eigenvalue weighted by Gasteiger charge is -2.36. The summed E-state index contributed by atoms with van der Waals surface area (Å²) in [5.41, 5.74) is 3.55. The van der Waals surface area contributed by atoms with Crippen LogP contribution in [0.2, 0.25) is 0 Å². The molecular weight excluding hydrogens is 382 g/mol. The summed E-state index contributed by atoms with van der Waals surface area (Å²) in [7, 11) is 3.19. The Morgan fingerprint density at radius 1 is 0.967 bits per heavy atom. The van der Waals surface area contributed by atoms with Gasteiger partial charge in [-0.1, -0.05) is 18.2 Å². The van der Waals surface area contributed by atoms with Crippen molar-refractivity contribution in [2.45, 2.75) is 6.92 Å². The summed E-state index contributed by atoms with van der Waals surface area (Å²) in [6.45, 7) is 4.60. The molecule has 2 aromatic carbocycles. The Kier molecular flexibility index (Phi) is 5.56. The van der Waals surface area contributed by atoms with Crippen molar-refractivity contribution in [2.24, 2.45) is 0 Å². The van der Waals surface area contributed by atoms with Crippen LogP contribution in [-0.2, 0) is 0 Å². The predicted octanol–water partition coefficient (Wildman–Crippen LogP) is 3.31. The first-order valence-corrected chi connectivity index (χ1v) is 9.85. The standard InChI is InChI=1S/C22H25N5O3/c1-15-8-9-16-17(14-15)23-20(21(24-16)30-3)25-22(28)27-12-10-26(11-13-27)18-6-4-5-7-19(18)29-2/h4-9,14H,10-13H2,1-3H3,(H,23,25,28). The minimum atomic E-state index is -0.214. The molecule has 4 rings (SSSR count). The van der Waals surface area contributed by atoms with E-state index in [0.717, 1.165) is 22.5 Å². The predicted molar refractivity (Wildman–Crippen MR) is 117 cm³/mol. The monoisotopic (exact) mass is 407 g/mol. The van der Waals surface area contributed by atoms with Crippen molar-refractivity contribution in [3.8, 4) is 11.6 Å². The van der Waals surface area contributed by atoms with Gasteiger partial charge in [0.2, 0.25) is 0 Å². The van der Waals surface area contributed by atoms with E-state index in [1.165, 1.54) is 7.11 Å². The van der Waals surface area contributed by atoms with Gasteiger partial charge in [-0.15, -0.1) is 0 Å². The zero-order valence-electron chi connectivity index (χ0n) is 17.4. The first kappa shape index (κ1) is 19.8. The van der Waals surface area contributed by atoms with E-state index in [9.17, 15) is 4.79 Å². The normalized spacial score (nSPS) is 14.0. The maximum atomic E-state index is 12.9. The molecule has 8 heteroatoms. The third-order valence-corrected chi connectivity index (χ3v) is 5.20. The number of carbonyl (C=O) groups excluding carboxylic acids is 1. The number of ether oxygens (including phenoxy) is 2. The lowest BCUT2D eigenvalue weighted by molar-refractivity contribution is 0.208. The van der Waals surface area contributed by atoms with Crippen LogP contribution in [-0.4, -0.2) is 61.3 Å². The molecule has 156 valence electrons. The van der Waals surface area contributed by atoms with Gasteiger partial charge in [0.05, 0.1) is 30.9 Å². The van der Waals surface area contributed by atoms with Crippen LogP contribution >= 0.6 is 0 Å². The van der Waals surface area contributed by atoms with E-state index < -0.39 is 0 Å². The molecule has 1 saturated heterocycles. The fraction of sp³-hybridized carbons (Fsp3) is 0.318. The summed E-state index contributed by atoms with van der Waals surface area (Å²) < 4.78 is 10.8. The molecule has 30 heavy (non-hydrogen) atoms. The molecule has 1 N–H and O–H groups in total. The van der Waals surface area contributed by atoms with E-state index >= 15 is 0 Å². The van der Waals surface area contributed by atoms with Crippen LogP contribution in [0.3, 0.4) is 0 Å². The van der Waals surface area contributed by atoms with Gasteiger partial charge in [0, 0.05) is 26.2 Å². The van der Waals surface area contributed by atoms with Crippen molar-refractivity contribution in [1.82, 2.24) is 14.9 Å². The second kappa shape index (κ2) is 8.44. The molecule has 0 spiro atoms. The summed E-state index contributed by atoms with van der Waals surface area (Å²) in [4.78, 5) is 25.9. The van der Waals surface area contributed by atoms with E-state index in [1.807, 2.05) is 49.4 Å². The second-order valence-electron chi connectivity index (χ2n) is 7.15. The molecule has 1 aromatic heterocycles. The van der Waals surface area contributed by atoms with Gasteiger partial charge in [-0.3, -0.25) is 5.32 Å². The SMILES string of the molecule is COc1ccccc1N1CCN(C(=O)Nc2nc3cc(C)ccc3nc2OC)CC1. The number of hydrogen-bond acceptors (Lipinski definition) is 6. The molecular formula is C22H25N5O3. The molecule has 1 aliphatic rings. The van der Waals surface area contributed by atoms with Crippen molar-refractivity contribution < 1.29 is 14.3 Å². The van der Waals surface area contributed by atoms with Crippen molar-refractivity contribution in [1.29, 1.82) is 0 Å². The van der Waals surface area contributed by atoms with Gasteiger partial charge in [-0.05, 0) is 36.8 Å². The molecule has 3 aromatic rings. The highest BCUT2D eigenvalue weighted by Gasteiger charge is 2.24. The van der Waals surface area contributed by atoms with Crippen molar-refractivity contribution in [3.05, 3.63) is 48.0 Å². The van der Waals surface area contributed by atoms with Gasteiger partial charge < -0.3 is 19.3 Å². The quantitative estimate of drug-likeness (QED) is 0.715. The number of fused-ring (bicyclic) bond motifs is 1. The Morgan fingerprint density at radius 2 is 1.73 bits per heavy atom. The minimum Gasteiger partial charge on any atom is -0.495 e. The Bertz CT molecular complexity index is 1060. The summed E-state index contributed by atoms with van der Waals surface area (Å²) in [6.07, 6.45) is 0. The van der Waals surface area contributed by atoms with Gasteiger partial charge in [0.1, 0.15) is 5.75 Å². The van der Waals surface area contributed by atoms with E-state index in [1.54, 1.807) is 12.0 Å². The maximum absolute atomic E-state index is 12.9. The van der Waals surface area contributed by atoms with Crippen LogP contribution in [0, 0.1) is 6.92 Å². The zero-order chi connectivity index (χ0) is 21.1. The Balaban J connectivity index is 1.46. The summed E-state index contributed by atoms with van der Waals surface area (Å²) in [5, 5.41) is 2.87. The summed E-state index contributed by atoms with van der Waals surface area (Å²) >= 11 is 0. The number of carbonyl (C=O) groups is 1. The molecule has 0 saturated carbocycles. The number of benzene rings is 2. The van der Waals surface area contributed by atoms with Gasteiger partial charge >= 0.3 is 6.03 Å². The zero-order valence-corrected chi connectivity index (χ0v) is 17.4. The first-order valence-electron chi connectivity index (χ1n) is 9.85. The van der Waals surface area contributed by atoms with E-state index in [4.69, 9.17) is 9.47 Å². The molecule has 0 aliphatic carbocycles. The number of amides is 2. The van der Waals surface area contributed by atoms with Crippen molar-refractivity contribution in [3.63, 3.8) is 0 Å². The Hall–Kier alpha value is -3.55. The van der Waals surface area contributed by atoms with E-state index in [-0.39, 0.29) is 6.03 Å². The lowest BCUT2D eigenvalue weighted by Crippen LogP contribution is -2.50. The van der Waals surface area contributed by atoms with Gasteiger partial charge in [-0.25, -0.2) is 14.8 Å². The molecule has 0 atom stereocenters. The van der Waals surface area contributed by atoms with E-state index in [0.29, 0.717) is 43.4 Å². The number of aromatic nitrogens is 2. The number of rotatable bonds is 4. The molecule has 2 heterocycles. The highest BCUT2D eigenvalue weighted by molar-refractivity contribution is 5.91. The van der Waals surface area contributed by atoms with Crippen LogP contribution in [0.5, 0.6) is 11.6 Å². The second-order valence-corrected chi connectivity index (χ2v) is 7.15. The number of para-hydroxylation sites is 2. The average molecular weight is 407 g/mol. The lowest BCUT2D eigenvalue weighted by atomic mass is 10.2. The smallest absolute Gasteiger partial charge is 0.323 e. The van der Waals surface area contributed by atoms with Crippen LogP contribution in [0.15, 0.2) is 42.5 Å². The maximum Gasteiger partial charge on any atom is 0.323 e. The van der Waals surface area contributed by atoms with Crippen molar-refractivity contribution in [2.75, 3.05) is 50.6 Å². The third kappa shape index (κ3) is 3.94. The van der Waals surface area contributed by atoms with Crippen LogP contribution in [0.25, 0.3) is 11.0 Å². The number of methoxy groups -OCH3 is 2. The molecule has 8 nitrogen and oxygen atoms in total. The molecule has 0 unspecified atom stereocenters.